The lowest BCUT2D eigenvalue weighted by molar-refractivity contribution is 0.151. The first-order valence-electron chi connectivity index (χ1n) is 4.48. The predicted octanol–water partition coefficient (Wildman–Crippen LogP) is 3.03. The molecular formula is C10H10BrF2N. The highest BCUT2D eigenvalue weighted by atomic mass is 79.9. The molecule has 0 saturated carbocycles. The number of benzene rings is 1. The number of rotatable bonds is 1. The molecule has 14 heavy (non-hydrogen) atoms. The molecule has 0 saturated heterocycles. The fraction of sp³-hybridized carbons (Fsp3) is 0.400. The van der Waals surface area contributed by atoms with E-state index in [9.17, 15) is 8.78 Å². The van der Waals surface area contributed by atoms with Crippen LogP contribution in [0.4, 0.5) is 8.78 Å². The molecule has 1 aliphatic heterocycles. The molecule has 0 aliphatic carbocycles. The SMILES string of the molecule is FC(F)c1cc(Br)c2c(c1)CNCC2. The molecular weight excluding hydrogens is 252 g/mol. The van der Waals surface area contributed by atoms with Gasteiger partial charge >= 0.3 is 0 Å². The third-order valence-electron chi connectivity index (χ3n) is 2.43. The molecule has 0 aromatic heterocycles. The molecule has 0 radical (unpaired) electrons. The summed E-state index contributed by atoms with van der Waals surface area (Å²) in [5, 5.41) is 3.17. The smallest absolute Gasteiger partial charge is 0.263 e. The van der Waals surface area contributed by atoms with Crippen molar-refractivity contribution in [3.05, 3.63) is 33.3 Å². The third kappa shape index (κ3) is 1.81. The molecule has 1 N–H and O–H groups in total. The lowest BCUT2D eigenvalue weighted by Gasteiger charge is -2.19. The molecule has 2 rings (SSSR count). The van der Waals surface area contributed by atoms with E-state index in [1.165, 1.54) is 6.07 Å². The molecule has 1 nitrogen and oxygen atoms in total. The standard InChI is InChI=1S/C10H10BrF2N/c11-9-4-6(10(12)13)3-7-5-14-2-1-8(7)9/h3-4,10,14H,1-2,5H2. The van der Waals surface area contributed by atoms with Gasteiger partial charge in [-0.2, -0.15) is 0 Å². The molecule has 1 aromatic rings. The van der Waals surface area contributed by atoms with Crippen LogP contribution in [0.2, 0.25) is 0 Å². The van der Waals surface area contributed by atoms with Gasteiger partial charge in [0.05, 0.1) is 0 Å². The molecule has 0 fully saturated rings. The van der Waals surface area contributed by atoms with Gasteiger partial charge < -0.3 is 5.32 Å². The van der Waals surface area contributed by atoms with E-state index >= 15 is 0 Å². The maximum Gasteiger partial charge on any atom is 0.263 e. The highest BCUT2D eigenvalue weighted by molar-refractivity contribution is 9.10. The lowest BCUT2D eigenvalue weighted by atomic mass is 9.99. The largest absolute Gasteiger partial charge is 0.312 e. The van der Waals surface area contributed by atoms with Crippen LogP contribution in [0.5, 0.6) is 0 Å². The first-order valence-corrected chi connectivity index (χ1v) is 5.28. The first kappa shape index (κ1) is 10.1. The molecule has 0 atom stereocenters. The highest BCUT2D eigenvalue weighted by Gasteiger charge is 2.16. The van der Waals surface area contributed by atoms with Gasteiger partial charge in [-0.15, -0.1) is 0 Å². The number of halogens is 3. The van der Waals surface area contributed by atoms with E-state index in [2.05, 4.69) is 21.2 Å². The van der Waals surface area contributed by atoms with Crippen LogP contribution in [0, 0.1) is 0 Å². The lowest BCUT2D eigenvalue weighted by Crippen LogP contribution is -2.24. The second kappa shape index (κ2) is 3.95. The van der Waals surface area contributed by atoms with E-state index in [1.54, 1.807) is 6.07 Å². The minimum absolute atomic E-state index is 0.0966. The van der Waals surface area contributed by atoms with Gasteiger partial charge in [-0.25, -0.2) is 8.78 Å². The Hall–Kier alpha value is -0.480. The van der Waals surface area contributed by atoms with Crippen molar-refractivity contribution in [3.8, 4) is 0 Å². The minimum atomic E-state index is -2.39. The Morgan fingerprint density at radius 2 is 2.14 bits per heavy atom. The Balaban J connectivity index is 2.46. The summed E-state index contributed by atoms with van der Waals surface area (Å²) in [6.45, 7) is 1.61. The molecule has 1 aliphatic rings. The second-order valence-corrected chi connectivity index (χ2v) is 4.22. The molecule has 0 bridgehead atoms. The van der Waals surface area contributed by atoms with Gasteiger partial charge in [0.1, 0.15) is 0 Å². The van der Waals surface area contributed by atoms with Crippen molar-refractivity contribution in [2.24, 2.45) is 0 Å². The summed E-state index contributed by atoms with van der Waals surface area (Å²) in [7, 11) is 0. The molecule has 0 amide bonds. The van der Waals surface area contributed by atoms with Gasteiger partial charge in [-0.05, 0) is 36.2 Å². The van der Waals surface area contributed by atoms with Gasteiger partial charge in [0.2, 0.25) is 0 Å². The van der Waals surface area contributed by atoms with E-state index in [1.807, 2.05) is 0 Å². The van der Waals surface area contributed by atoms with Gasteiger partial charge in [0.15, 0.2) is 0 Å². The van der Waals surface area contributed by atoms with E-state index < -0.39 is 6.43 Å². The van der Waals surface area contributed by atoms with Crippen molar-refractivity contribution < 1.29 is 8.78 Å². The number of nitrogens with one attached hydrogen (secondary N) is 1. The summed E-state index contributed by atoms with van der Waals surface area (Å²) < 4.78 is 25.8. The molecule has 0 spiro atoms. The minimum Gasteiger partial charge on any atom is -0.312 e. The van der Waals surface area contributed by atoms with E-state index in [0.29, 0.717) is 6.54 Å². The van der Waals surface area contributed by atoms with Gasteiger partial charge in [-0.3, -0.25) is 0 Å². The molecule has 4 heteroatoms. The second-order valence-electron chi connectivity index (χ2n) is 3.37. The topological polar surface area (TPSA) is 12.0 Å². The fourth-order valence-corrected chi connectivity index (χ4v) is 2.43. The zero-order chi connectivity index (χ0) is 10.1. The van der Waals surface area contributed by atoms with Crippen molar-refractivity contribution in [2.45, 2.75) is 19.4 Å². The van der Waals surface area contributed by atoms with Crippen molar-refractivity contribution in [3.63, 3.8) is 0 Å². The predicted molar refractivity (Wildman–Crippen MR) is 54.5 cm³/mol. The van der Waals surface area contributed by atoms with Gasteiger partial charge in [-0.1, -0.05) is 15.9 Å². The number of hydrogen-bond acceptors (Lipinski definition) is 1. The number of hydrogen-bond donors (Lipinski definition) is 1. The van der Waals surface area contributed by atoms with Crippen molar-refractivity contribution in [2.75, 3.05) is 6.54 Å². The summed E-state index contributed by atoms with van der Waals surface area (Å²) in [5.41, 5.74) is 2.24. The van der Waals surface area contributed by atoms with Crippen LogP contribution in [-0.4, -0.2) is 6.54 Å². The van der Waals surface area contributed by atoms with Crippen LogP contribution in [0.3, 0.4) is 0 Å². The zero-order valence-electron chi connectivity index (χ0n) is 7.49. The van der Waals surface area contributed by atoms with Crippen molar-refractivity contribution in [1.29, 1.82) is 0 Å². The fourth-order valence-electron chi connectivity index (χ4n) is 1.72. The van der Waals surface area contributed by atoms with Crippen LogP contribution < -0.4 is 5.32 Å². The average Bonchev–Trinajstić information content (AvgIpc) is 2.17. The Kier molecular flexibility index (Phi) is 2.83. The normalized spacial score (nSPS) is 15.7. The van der Waals surface area contributed by atoms with E-state index in [4.69, 9.17) is 0 Å². The van der Waals surface area contributed by atoms with Crippen molar-refractivity contribution >= 4 is 15.9 Å². The molecule has 1 aromatic carbocycles. The van der Waals surface area contributed by atoms with Crippen molar-refractivity contribution in [1.82, 2.24) is 5.32 Å². The molecule has 0 unspecified atom stereocenters. The maximum absolute atomic E-state index is 12.5. The summed E-state index contributed by atoms with van der Waals surface area (Å²) in [6, 6.07) is 3.12. The van der Waals surface area contributed by atoms with Crippen LogP contribution in [-0.2, 0) is 13.0 Å². The number of alkyl halides is 2. The van der Waals surface area contributed by atoms with Gasteiger partial charge in [0.25, 0.3) is 6.43 Å². The first-order chi connectivity index (χ1) is 6.68. The molecule has 1 heterocycles. The molecule has 76 valence electrons. The van der Waals surface area contributed by atoms with Gasteiger partial charge in [0, 0.05) is 16.6 Å². The number of fused-ring (bicyclic) bond motifs is 1. The maximum atomic E-state index is 12.5. The Morgan fingerprint density at radius 1 is 1.36 bits per heavy atom. The van der Waals surface area contributed by atoms with E-state index in [-0.39, 0.29) is 5.56 Å². The summed E-state index contributed by atoms with van der Waals surface area (Å²) in [5.74, 6) is 0. The summed E-state index contributed by atoms with van der Waals surface area (Å²) in [6.07, 6.45) is -1.49. The zero-order valence-corrected chi connectivity index (χ0v) is 9.07. The Bertz CT molecular complexity index is 352. The summed E-state index contributed by atoms with van der Waals surface area (Å²) >= 11 is 3.34. The monoisotopic (exact) mass is 261 g/mol. The Morgan fingerprint density at radius 3 is 2.86 bits per heavy atom. The third-order valence-corrected chi connectivity index (χ3v) is 3.14. The highest BCUT2D eigenvalue weighted by Crippen LogP contribution is 2.30. The van der Waals surface area contributed by atoms with Crippen LogP contribution in [0.25, 0.3) is 0 Å². The van der Waals surface area contributed by atoms with Crippen LogP contribution in [0.15, 0.2) is 16.6 Å². The summed E-state index contributed by atoms with van der Waals surface area (Å²) in [4.78, 5) is 0. The Labute approximate surface area is 89.6 Å². The average molecular weight is 262 g/mol. The van der Waals surface area contributed by atoms with Crippen LogP contribution >= 0.6 is 15.9 Å². The van der Waals surface area contributed by atoms with Crippen LogP contribution in [0.1, 0.15) is 23.1 Å². The van der Waals surface area contributed by atoms with E-state index in [0.717, 1.165) is 28.6 Å². The quantitative estimate of drug-likeness (QED) is 0.820.